The van der Waals surface area contributed by atoms with E-state index >= 15 is 0 Å². The molecule has 0 radical (unpaired) electrons. The zero-order valence-corrected chi connectivity index (χ0v) is 14.8. The smallest absolute Gasteiger partial charge is 0.233 e. The van der Waals surface area contributed by atoms with Crippen molar-refractivity contribution < 1.29 is 23.9 Å². The standard InChI is InChI=1S/C19H20N2O5/c1-12(22)13-5-4-6-14(9-13)20-18(23)11-19(24)21-15-7-8-16(25-2)17(10-15)26-3/h4-10H,11H2,1-3H3,(H,20,23)(H,21,24). The van der Waals surface area contributed by atoms with Crippen LogP contribution < -0.4 is 20.1 Å². The van der Waals surface area contributed by atoms with Crippen LogP contribution in [-0.2, 0) is 9.59 Å². The van der Waals surface area contributed by atoms with Crippen molar-refractivity contribution in [1.29, 1.82) is 0 Å². The highest BCUT2D eigenvalue weighted by Crippen LogP contribution is 2.29. The van der Waals surface area contributed by atoms with Gasteiger partial charge in [0.2, 0.25) is 11.8 Å². The first-order valence-electron chi connectivity index (χ1n) is 7.85. The third kappa shape index (κ3) is 5.07. The molecule has 2 aromatic carbocycles. The van der Waals surface area contributed by atoms with Crippen LogP contribution in [0.25, 0.3) is 0 Å². The van der Waals surface area contributed by atoms with E-state index in [1.54, 1.807) is 42.5 Å². The lowest BCUT2D eigenvalue weighted by Crippen LogP contribution is -2.21. The van der Waals surface area contributed by atoms with Gasteiger partial charge >= 0.3 is 0 Å². The van der Waals surface area contributed by atoms with Crippen molar-refractivity contribution in [2.24, 2.45) is 0 Å². The maximum absolute atomic E-state index is 12.0. The van der Waals surface area contributed by atoms with Crippen LogP contribution in [0, 0.1) is 0 Å². The van der Waals surface area contributed by atoms with Gasteiger partial charge in [0.1, 0.15) is 6.42 Å². The second-order valence-corrected chi connectivity index (χ2v) is 5.48. The van der Waals surface area contributed by atoms with Gasteiger partial charge in [-0.25, -0.2) is 0 Å². The summed E-state index contributed by atoms with van der Waals surface area (Å²) in [6.45, 7) is 1.44. The molecule has 0 saturated carbocycles. The molecule has 0 saturated heterocycles. The molecule has 136 valence electrons. The van der Waals surface area contributed by atoms with Gasteiger partial charge < -0.3 is 20.1 Å². The molecule has 26 heavy (non-hydrogen) atoms. The van der Waals surface area contributed by atoms with Crippen molar-refractivity contribution in [3.63, 3.8) is 0 Å². The number of ether oxygens (including phenoxy) is 2. The maximum Gasteiger partial charge on any atom is 0.233 e. The molecule has 0 spiro atoms. The summed E-state index contributed by atoms with van der Waals surface area (Å²) in [6, 6.07) is 11.4. The fourth-order valence-corrected chi connectivity index (χ4v) is 2.29. The highest BCUT2D eigenvalue weighted by Gasteiger charge is 2.12. The number of benzene rings is 2. The van der Waals surface area contributed by atoms with Gasteiger partial charge in [0.25, 0.3) is 0 Å². The third-order valence-electron chi connectivity index (χ3n) is 3.54. The van der Waals surface area contributed by atoms with Crippen LogP contribution >= 0.6 is 0 Å². The fraction of sp³-hybridized carbons (Fsp3) is 0.211. The average Bonchev–Trinajstić information content (AvgIpc) is 2.61. The van der Waals surface area contributed by atoms with Crippen LogP contribution in [0.4, 0.5) is 11.4 Å². The Hall–Kier alpha value is -3.35. The Kier molecular flexibility index (Phi) is 6.32. The van der Waals surface area contributed by atoms with E-state index in [0.29, 0.717) is 28.4 Å². The highest BCUT2D eigenvalue weighted by molar-refractivity contribution is 6.08. The molecule has 2 aromatic rings. The molecule has 0 bridgehead atoms. The Labute approximate surface area is 151 Å². The zero-order valence-electron chi connectivity index (χ0n) is 14.8. The minimum atomic E-state index is -0.483. The number of rotatable bonds is 7. The van der Waals surface area contributed by atoms with Crippen LogP contribution in [0.5, 0.6) is 11.5 Å². The van der Waals surface area contributed by atoms with Crippen molar-refractivity contribution >= 4 is 29.0 Å². The lowest BCUT2D eigenvalue weighted by Gasteiger charge is -2.11. The van der Waals surface area contributed by atoms with Crippen LogP contribution in [-0.4, -0.2) is 31.8 Å². The van der Waals surface area contributed by atoms with E-state index in [2.05, 4.69) is 10.6 Å². The number of carbonyl (C=O) groups excluding carboxylic acids is 3. The molecule has 7 nitrogen and oxygen atoms in total. The quantitative estimate of drug-likeness (QED) is 0.588. The Morgan fingerprint density at radius 3 is 2.04 bits per heavy atom. The first kappa shape index (κ1) is 19.0. The molecule has 0 aliphatic heterocycles. The summed E-state index contributed by atoms with van der Waals surface area (Å²) in [7, 11) is 3.01. The Morgan fingerprint density at radius 1 is 0.846 bits per heavy atom. The second kappa shape index (κ2) is 8.66. The molecule has 2 N–H and O–H groups in total. The molecule has 0 unspecified atom stereocenters. The molecule has 0 aliphatic carbocycles. The Balaban J connectivity index is 1.96. The Bertz CT molecular complexity index is 832. The summed E-state index contributed by atoms with van der Waals surface area (Å²) < 4.78 is 10.3. The molecular formula is C19H20N2O5. The van der Waals surface area contributed by atoms with E-state index in [9.17, 15) is 14.4 Å². The van der Waals surface area contributed by atoms with Crippen molar-refractivity contribution in [2.45, 2.75) is 13.3 Å². The summed E-state index contributed by atoms with van der Waals surface area (Å²) in [5, 5.41) is 5.22. The van der Waals surface area contributed by atoms with E-state index in [0.717, 1.165) is 0 Å². The first-order chi connectivity index (χ1) is 12.4. The summed E-state index contributed by atoms with van der Waals surface area (Å²) >= 11 is 0. The third-order valence-corrected chi connectivity index (χ3v) is 3.54. The number of methoxy groups -OCH3 is 2. The van der Waals surface area contributed by atoms with E-state index < -0.39 is 11.8 Å². The number of anilines is 2. The number of amides is 2. The normalized spacial score (nSPS) is 9.96. The van der Waals surface area contributed by atoms with Crippen LogP contribution in [0.2, 0.25) is 0 Å². The minimum Gasteiger partial charge on any atom is -0.493 e. The van der Waals surface area contributed by atoms with E-state index in [-0.39, 0.29) is 12.2 Å². The predicted molar refractivity (Wildman–Crippen MR) is 97.9 cm³/mol. The Morgan fingerprint density at radius 2 is 1.46 bits per heavy atom. The van der Waals surface area contributed by atoms with Gasteiger partial charge in [-0.1, -0.05) is 12.1 Å². The molecule has 0 aliphatic rings. The lowest BCUT2D eigenvalue weighted by molar-refractivity contribution is -0.123. The van der Waals surface area contributed by atoms with Crippen LogP contribution in [0.1, 0.15) is 23.7 Å². The van der Waals surface area contributed by atoms with Crippen LogP contribution in [0.3, 0.4) is 0 Å². The fourth-order valence-electron chi connectivity index (χ4n) is 2.29. The van der Waals surface area contributed by atoms with Crippen molar-refractivity contribution in [3.05, 3.63) is 48.0 Å². The van der Waals surface area contributed by atoms with Crippen molar-refractivity contribution in [2.75, 3.05) is 24.9 Å². The lowest BCUT2D eigenvalue weighted by atomic mass is 10.1. The van der Waals surface area contributed by atoms with Crippen molar-refractivity contribution in [3.8, 4) is 11.5 Å². The second-order valence-electron chi connectivity index (χ2n) is 5.48. The van der Waals surface area contributed by atoms with Gasteiger partial charge in [0.05, 0.1) is 14.2 Å². The number of ketones is 1. The minimum absolute atomic E-state index is 0.104. The molecule has 0 heterocycles. The van der Waals surface area contributed by atoms with Crippen LogP contribution in [0.15, 0.2) is 42.5 Å². The molecule has 0 atom stereocenters. The van der Waals surface area contributed by atoms with Gasteiger partial charge in [0.15, 0.2) is 17.3 Å². The summed E-state index contributed by atoms with van der Waals surface area (Å²) in [4.78, 5) is 35.4. The monoisotopic (exact) mass is 356 g/mol. The molecular weight excluding hydrogens is 336 g/mol. The van der Waals surface area contributed by atoms with Crippen molar-refractivity contribution in [1.82, 2.24) is 0 Å². The molecule has 2 rings (SSSR count). The SMILES string of the molecule is COc1ccc(NC(=O)CC(=O)Nc2cccc(C(C)=O)c2)cc1OC. The number of hydrogen-bond donors (Lipinski definition) is 2. The van der Waals surface area contributed by atoms with Gasteiger partial charge in [-0.05, 0) is 31.2 Å². The summed E-state index contributed by atoms with van der Waals surface area (Å²) in [6.07, 6.45) is -0.362. The number of nitrogens with one attached hydrogen (secondary N) is 2. The van der Waals surface area contributed by atoms with E-state index in [1.807, 2.05) is 0 Å². The van der Waals surface area contributed by atoms with Gasteiger partial charge in [-0.3, -0.25) is 14.4 Å². The zero-order chi connectivity index (χ0) is 19.1. The van der Waals surface area contributed by atoms with Gasteiger partial charge in [-0.2, -0.15) is 0 Å². The summed E-state index contributed by atoms with van der Waals surface area (Å²) in [5.41, 5.74) is 1.43. The summed E-state index contributed by atoms with van der Waals surface area (Å²) in [5.74, 6) is -0.0576. The number of carbonyl (C=O) groups is 3. The van der Waals surface area contributed by atoms with Gasteiger partial charge in [0, 0.05) is 23.0 Å². The topological polar surface area (TPSA) is 93.7 Å². The highest BCUT2D eigenvalue weighted by atomic mass is 16.5. The maximum atomic E-state index is 12.0. The molecule has 0 aromatic heterocycles. The van der Waals surface area contributed by atoms with E-state index in [1.165, 1.54) is 21.1 Å². The number of hydrogen-bond acceptors (Lipinski definition) is 5. The average molecular weight is 356 g/mol. The van der Waals surface area contributed by atoms with Gasteiger partial charge in [-0.15, -0.1) is 0 Å². The molecule has 7 heteroatoms. The van der Waals surface area contributed by atoms with E-state index in [4.69, 9.17) is 9.47 Å². The largest absolute Gasteiger partial charge is 0.493 e. The predicted octanol–water partition coefficient (Wildman–Crippen LogP) is 2.87. The molecule has 2 amide bonds. The number of Topliss-reactive ketones (excluding diaryl/α,β-unsaturated/α-hetero) is 1. The first-order valence-corrected chi connectivity index (χ1v) is 7.85. The molecule has 0 fully saturated rings.